The lowest BCUT2D eigenvalue weighted by Gasteiger charge is -2.26. The number of para-hydroxylation sites is 3. The Bertz CT molecular complexity index is 1320. The fourth-order valence-electron chi connectivity index (χ4n) is 6.32. The van der Waals surface area contributed by atoms with Crippen molar-refractivity contribution in [3.8, 4) is 0 Å². The first-order valence-electron chi connectivity index (χ1n) is 16.9. The first kappa shape index (κ1) is 33.5. The number of hydrogen-bond donors (Lipinski definition) is 1. The molecule has 0 aromatic heterocycles. The maximum Gasteiger partial charge on any atom is 0.257 e. The number of aryl methyl sites for hydroxylation is 1. The SMILES string of the molecule is CC(C)CN(CCCCCCCCCCc1ccc(CC(=O)N2c3ccccc3NC(=O)c3ccccc32)cc1)CC(C)C. The Hall–Kier alpha value is -3.44. The molecule has 0 saturated heterocycles. The summed E-state index contributed by atoms with van der Waals surface area (Å²) in [6.07, 6.45) is 11.9. The summed E-state index contributed by atoms with van der Waals surface area (Å²) >= 11 is 0. The predicted molar refractivity (Wildman–Crippen MR) is 185 cm³/mol. The molecule has 1 aliphatic rings. The second-order valence-corrected chi connectivity index (χ2v) is 13.3. The molecule has 4 rings (SSSR count). The average molecular weight is 596 g/mol. The quantitative estimate of drug-likeness (QED) is 0.158. The van der Waals surface area contributed by atoms with Crippen molar-refractivity contribution in [1.29, 1.82) is 0 Å². The number of nitrogens with one attached hydrogen (secondary N) is 1. The lowest BCUT2D eigenvalue weighted by atomic mass is 10.0. The summed E-state index contributed by atoms with van der Waals surface area (Å²) in [4.78, 5) is 30.9. The van der Waals surface area contributed by atoms with Crippen LogP contribution in [0.3, 0.4) is 0 Å². The Morgan fingerprint density at radius 1 is 0.682 bits per heavy atom. The zero-order valence-electron chi connectivity index (χ0n) is 27.5. The van der Waals surface area contributed by atoms with Crippen LogP contribution in [0.25, 0.3) is 0 Å². The van der Waals surface area contributed by atoms with E-state index in [9.17, 15) is 9.59 Å². The molecule has 3 aromatic rings. The Balaban J connectivity index is 1.17. The van der Waals surface area contributed by atoms with E-state index in [2.05, 4.69) is 62.2 Å². The number of benzene rings is 3. The van der Waals surface area contributed by atoms with Gasteiger partial charge in [0.15, 0.2) is 0 Å². The van der Waals surface area contributed by atoms with Crippen LogP contribution in [0.5, 0.6) is 0 Å². The highest BCUT2D eigenvalue weighted by Crippen LogP contribution is 2.38. The van der Waals surface area contributed by atoms with Crippen LogP contribution >= 0.6 is 0 Å². The van der Waals surface area contributed by atoms with Crippen molar-refractivity contribution in [3.63, 3.8) is 0 Å². The fourth-order valence-corrected chi connectivity index (χ4v) is 6.32. The van der Waals surface area contributed by atoms with Gasteiger partial charge in [-0.3, -0.25) is 14.5 Å². The van der Waals surface area contributed by atoms with Gasteiger partial charge in [-0.25, -0.2) is 0 Å². The van der Waals surface area contributed by atoms with Crippen LogP contribution in [0, 0.1) is 11.8 Å². The molecule has 0 radical (unpaired) electrons. The van der Waals surface area contributed by atoms with E-state index in [0.717, 1.165) is 23.8 Å². The van der Waals surface area contributed by atoms with E-state index in [1.165, 1.54) is 76.6 Å². The fraction of sp³-hybridized carbons (Fsp3) is 0.487. The maximum absolute atomic E-state index is 13.7. The molecule has 5 nitrogen and oxygen atoms in total. The number of rotatable bonds is 17. The Kier molecular flexibility index (Phi) is 13.0. The van der Waals surface area contributed by atoms with Crippen LogP contribution in [0.2, 0.25) is 0 Å². The standard InChI is InChI=1S/C39H53N3O2/c1-30(2)28-41(29-31(3)4)26-16-10-8-6-5-7-9-11-17-32-22-24-33(25-23-32)27-38(43)42-36-20-14-12-18-34(36)39(44)40-35-19-13-15-21-37(35)42/h12-15,18-25,30-31H,5-11,16-17,26-29H2,1-4H3,(H,40,44). The molecule has 0 unspecified atom stereocenters. The van der Waals surface area contributed by atoms with Crippen LogP contribution in [0.1, 0.15) is 101 Å². The molecule has 0 spiro atoms. The molecular weight excluding hydrogens is 542 g/mol. The summed E-state index contributed by atoms with van der Waals surface area (Å²) < 4.78 is 0. The largest absolute Gasteiger partial charge is 0.320 e. The van der Waals surface area contributed by atoms with Crippen molar-refractivity contribution < 1.29 is 9.59 Å². The molecule has 0 atom stereocenters. The highest BCUT2D eigenvalue weighted by molar-refractivity contribution is 6.17. The van der Waals surface area contributed by atoms with Crippen molar-refractivity contribution in [2.75, 3.05) is 29.9 Å². The van der Waals surface area contributed by atoms with E-state index in [1.54, 1.807) is 11.0 Å². The Labute approximate surface area is 266 Å². The third kappa shape index (κ3) is 10.1. The molecular formula is C39H53N3O2. The van der Waals surface area contributed by atoms with Gasteiger partial charge in [-0.1, -0.05) is 115 Å². The van der Waals surface area contributed by atoms with Gasteiger partial charge in [0.25, 0.3) is 5.91 Å². The van der Waals surface area contributed by atoms with Crippen LogP contribution in [0.4, 0.5) is 17.1 Å². The number of carbonyl (C=O) groups excluding carboxylic acids is 2. The Morgan fingerprint density at radius 3 is 1.89 bits per heavy atom. The van der Waals surface area contributed by atoms with Gasteiger partial charge in [0.05, 0.1) is 29.0 Å². The highest BCUT2D eigenvalue weighted by Gasteiger charge is 2.28. The molecule has 1 heterocycles. The van der Waals surface area contributed by atoms with Gasteiger partial charge in [-0.15, -0.1) is 0 Å². The average Bonchev–Trinajstić information content (AvgIpc) is 3.12. The molecule has 0 bridgehead atoms. The van der Waals surface area contributed by atoms with Crippen molar-refractivity contribution in [3.05, 3.63) is 89.5 Å². The zero-order valence-corrected chi connectivity index (χ0v) is 27.5. The summed E-state index contributed by atoms with van der Waals surface area (Å²) in [5.41, 5.74) is 4.76. The minimum Gasteiger partial charge on any atom is -0.320 e. The van der Waals surface area contributed by atoms with Crippen LogP contribution in [-0.2, 0) is 17.6 Å². The normalized spacial score (nSPS) is 12.8. The summed E-state index contributed by atoms with van der Waals surface area (Å²) in [7, 11) is 0. The van der Waals surface area contributed by atoms with Gasteiger partial charge < -0.3 is 10.2 Å². The number of nitrogens with zero attached hydrogens (tertiary/aromatic N) is 2. The van der Waals surface area contributed by atoms with Crippen molar-refractivity contribution in [1.82, 2.24) is 4.90 Å². The second-order valence-electron chi connectivity index (χ2n) is 13.3. The summed E-state index contributed by atoms with van der Waals surface area (Å²) in [6.45, 7) is 13.0. The topological polar surface area (TPSA) is 52.7 Å². The molecule has 0 aliphatic carbocycles. The minimum absolute atomic E-state index is 0.0578. The number of unbranched alkanes of at least 4 members (excludes halogenated alkanes) is 7. The molecule has 1 N–H and O–H groups in total. The van der Waals surface area contributed by atoms with Crippen molar-refractivity contribution >= 4 is 28.9 Å². The van der Waals surface area contributed by atoms with E-state index >= 15 is 0 Å². The first-order valence-corrected chi connectivity index (χ1v) is 16.9. The van der Waals surface area contributed by atoms with E-state index < -0.39 is 0 Å². The molecule has 3 aromatic carbocycles. The van der Waals surface area contributed by atoms with Gasteiger partial charge in [0.1, 0.15) is 0 Å². The molecule has 0 saturated carbocycles. The molecule has 44 heavy (non-hydrogen) atoms. The molecule has 2 amide bonds. The maximum atomic E-state index is 13.7. The highest BCUT2D eigenvalue weighted by atomic mass is 16.2. The predicted octanol–water partition coefficient (Wildman–Crippen LogP) is 9.44. The van der Waals surface area contributed by atoms with E-state index in [4.69, 9.17) is 0 Å². The third-order valence-electron chi connectivity index (χ3n) is 8.35. The second kappa shape index (κ2) is 17.2. The summed E-state index contributed by atoms with van der Waals surface area (Å²) in [6, 6.07) is 23.3. The van der Waals surface area contributed by atoms with Crippen molar-refractivity contribution in [2.45, 2.75) is 91.9 Å². The number of anilines is 3. The minimum atomic E-state index is -0.200. The van der Waals surface area contributed by atoms with E-state index in [1.807, 2.05) is 42.5 Å². The molecule has 5 heteroatoms. The number of amides is 2. The number of fused-ring (bicyclic) bond motifs is 2. The lowest BCUT2D eigenvalue weighted by Crippen LogP contribution is -2.32. The molecule has 0 fully saturated rings. The summed E-state index contributed by atoms with van der Waals surface area (Å²) in [5, 5.41) is 2.96. The number of carbonyl (C=O) groups is 2. The van der Waals surface area contributed by atoms with E-state index in [0.29, 0.717) is 22.6 Å². The van der Waals surface area contributed by atoms with Crippen LogP contribution < -0.4 is 10.2 Å². The number of hydrogen-bond acceptors (Lipinski definition) is 3. The van der Waals surface area contributed by atoms with Crippen LogP contribution in [0.15, 0.2) is 72.8 Å². The van der Waals surface area contributed by atoms with E-state index in [-0.39, 0.29) is 18.2 Å². The monoisotopic (exact) mass is 595 g/mol. The van der Waals surface area contributed by atoms with Gasteiger partial charge in [-0.05, 0) is 73.0 Å². The summed E-state index contributed by atoms with van der Waals surface area (Å²) in [5.74, 6) is 1.23. The first-order chi connectivity index (χ1) is 21.3. The van der Waals surface area contributed by atoms with Crippen LogP contribution in [-0.4, -0.2) is 36.3 Å². The smallest absolute Gasteiger partial charge is 0.257 e. The van der Waals surface area contributed by atoms with Gasteiger partial charge in [-0.2, -0.15) is 0 Å². The van der Waals surface area contributed by atoms with Crippen molar-refractivity contribution in [2.24, 2.45) is 11.8 Å². The molecule has 236 valence electrons. The van der Waals surface area contributed by atoms with Gasteiger partial charge >= 0.3 is 0 Å². The zero-order chi connectivity index (χ0) is 31.3. The Morgan fingerprint density at radius 2 is 1.23 bits per heavy atom. The van der Waals surface area contributed by atoms with Gasteiger partial charge in [0, 0.05) is 13.1 Å². The molecule has 1 aliphatic heterocycles. The third-order valence-corrected chi connectivity index (χ3v) is 8.35. The lowest BCUT2D eigenvalue weighted by molar-refractivity contribution is -0.117. The van der Waals surface area contributed by atoms with Gasteiger partial charge in [0.2, 0.25) is 5.91 Å².